The Balaban J connectivity index is 1.45. The molecule has 1 heterocycles. The van der Waals surface area contributed by atoms with Crippen molar-refractivity contribution in [2.75, 3.05) is 12.3 Å². The summed E-state index contributed by atoms with van der Waals surface area (Å²) in [7, 11) is 0. The summed E-state index contributed by atoms with van der Waals surface area (Å²) in [5.41, 5.74) is 2.84. The molecule has 124 valence electrons. The number of aromatic nitrogens is 2. The van der Waals surface area contributed by atoms with E-state index in [4.69, 9.17) is 23.2 Å². The van der Waals surface area contributed by atoms with E-state index >= 15 is 0 Å². The summed E-state index contributed by atoms with van der Waals surface area (Å²) in [5, 5.41) is 4.85. The normalized spacial score (nSPS) is 10.9. The van der Waals surface area contributed by atoms with Gasteiger partial charge in [-0.3, -0.25) is 4.79 Å². The summed E-state index contributed by atoms with van der Waals surface area (Å²) in [6.45, 7) is 0.529. The Morgan fingerprint density at radius 1 is 1.21 bits per heavy atom. The van der Waals surface area contributed by atoms with Gasteiger partial charge in [-0.1, -0.05) is 53.2 Å². The standard InChI is InChI=1S/C17H15Cl2N3OS/c18-12-6-5-11(13(19)9-12)7-8-20-16(23)10-24-17-21-14-3-1-2-4-15(14)22-17/h1-6,9H,7-8,10H2,(H,20,23)(H,21,22). The van der Waals surface area contributed by atoms with Crippen molar-refractivity contribution in [3.05, 3.63) is 58.1 Å². The maximum atomic E-state index is 11.9. The van der Waals surface area contributed by atoms with E-state index in [-0.39, 0.29) is 5.91 Å². The maximum Gasteiger partial charge on any atom is 0.230 e. The number of fused-ring (bicyclic) bond motifs is 1. The number of nitrogens with one attached hydrogen (secondary N) is 2. The molecule has 4 nitrogen and oxygen atoms in total. The van der Waals surface area contributed by atoms with Crippen LogP contribution < -0.4 is 5.32 Å². The average Bonchev–Trinajstić information content (AvgIpc) is 2.98. The van der Waals surface area contributed by atoms with Gasteiger partial charge in [0.25, 0.3) is 0 Å². The summed E-state index contributed by atoms with van der Waals surface area (Å²) < 4.78 is 0. The highest BCUT2D eigenvalue weighted by molar-refractivity contribution is 7.99. The molecule has 1 aromatic heterocycles. The molecule has 2 N–H and O–H groups in total. The van der Waals surface area contributed by atoms with E-state index in [1.54, 1.807) is 12.1 Å². The molecule has 3 rings (SSSR count). The fourth-order valence-electron chi connectivity index (χ4n) is 2.24. The largest absolute Gasteiger partial charge is 0.355 e. The maximum absolute atomic E-state index is 11.9. The zero-order valence-corrected chi connectivity index (χ0v) is 15.0. The first-order chi connectivity index (χ1) is 11.6. The molecule has 0 saturated heterocycles. The number of thioether (sulfide) groups is 1. The van der Waals surface area contributed by atoms with Crippen LogP contribution in [0.2, 0.25) is 10.0 Å². The van der Waals surface area contributed by atoms with E-state index in [9.17, 15) is 4.79 Å². The quantitative estimate of drug-likeness (QED) is 0.626. The van der Waals surface area contributed by atoms with Gasteiger partial charge in [0.05, 0.1) is 16.8 Å². The van der Waals surface area contributed by atoms with Crippen LogP contribution in [0.15, 0.2) is 47.6 Å². The summed E-state index contributed by atoms with van der Waals surface area (Å²) in [6.07, 6.45) is 0.664. The molecule has 1 amide bonds. The Labute approximate surface area is 153 Å². The molecular formula is C17H15Cl2N3OS. The van der Waals surface area contributed by atoms with Crippen molar-refractivity contribution < 1.29 is 4.79 Å². The fraction of sp³-hybridized carbons (Fsp3) is 0.176. The Kier molecular flexibility index (Phi) is 5.66. The number of aromatic amines is 1. The molecule has 2 aromatic carbocycles. The van der Waals surface area contributed by atoms with Crippen LogP contribution in [0.4, 0.5) is 0 Å². The number of hydrogen-bond donors (Lipinski definition) is 2. The summed E-state index contributed by atoms with van der Waals surface area (Å²) in [4.78, 5) is 19.6. The van der Waals surface area contributed by atoms with Crippen molar-refractivity contribution in [2.45, 2.75) is 11.6 Å². The van der Waals surface area contributed by atoms with Crippen LogP contribution >= 0.6 is 35.0 Å². The van der Waals surface area contributed by atoms with Gasteiger partial charge in [-0.25, -0.2) is 4.98 Å². The number of rotatable bonds is 6. The predicted octanol–water partition coefficient (Wildman–Crippen LogP) is 4.32. The molecule has 0 aliphatic heterocycles. The zero-order valence-electron chi connectivity index (χ0n) is 12.7. The number of halogens is 2. The number of amides is 1. The van der Waals surface area contributed by atoms with Crippen molar-refractivity contribution in [3.63, 3.8) is 0 Å². The number of para-hydroxylation sites is 2. The summed E-state index contributed by atoms with van der Waals surface area (Å²) >= 11 is 13.4. The van der Waals surface area contributed by atoms with E-state index in [2.05, 4.69) is 15.3 Å². The van der Waals surface area contributed by atoms with Gasteiger partial charge in [-0.2, -0.15) is 0 Å². The lowest BCUT2D eigenvalue weighted by atomic mass is 10.1. The van der Waals surface area contributed by atoms with Crippen LogP contribution in [0.1, 0.15) is 5.56 Å². The number of imidazole rings is 1. The number of carbonyl (C=O) groups excluding carboxylic acids is 1. The first-order valence-electron chi connectivity index (χ1n) is 7.40. The molecule has 0 bridgehead atoms. The number of nitrogens with zero attached hydrogens (tertiary/aromatic N) is 1. The van der Waals surface area contributed by atoms with Crippen LogP contribution in [0.25, 0.3) is 11.0 Å². The molecule has 0 aliphatic rings. The molecule has 0 saturated carbocycles. The zero-order chi connectivity index (χ0) is 16.9. The fourth-order valence-corrected chi connectivity index (χ4v) is 3.46. The minimum atomic E-state index is -0.0365. The van der Waals surface area contributed by atoms with E-state index in [0.717, 1.165) is 21.8 Å². The van der Waals surface area contributed by atoms with Crippen molar-refractivity contribution in [1.82, 2.24) is 15.3 Å². The Hall–Kier alpha value is -1.69. The smallest absolute Gasteiger partial charge is 0.230 e. The SMILES string of the molecule is O=C(CSc1nc2ccccc2[nH]1)NCCc1ccc(Cl)cc1Cl. The number of benzene rings is 2. The second-order valence-corrected chi connectivity index (χ2v) is 6.99. The van der Waals surface area contributed by atoms with Crippen LogP contribution in [-0.2, 0) is 11.2 Å². The Bertz CT molecular complexity index is 833. The van der Waals surface area contributed by atoms with Gasteiger partial charge in [-0.05, 0) is 36.2 Å². The molecule has 0 aliphatic carbocycles. The third-order valence-corrected chi connectivity index (χ3v) is 4.90. The first kappa shape index (κ1) is 17.1. The minimum Gasteiger partial charge on any atom is -0.355 e. The lowest BCUT2D eigenvalue weighted by Crippen LogP contribution is -2.27. The Morgan fingerprint density at radius 2 is 2.04 bits per heavy atom. The monoisotopic (exact) mass is 379 g/mol. The number of carbonyl (C=O) groups is 1. The highest BCUT2D eigenvalue weighted by atomic mass is 35.5. The molecule has 0 spiro atoms. The van der Waals surface area contributed by atoms with Gasteiger partial charge in [0.1, 0.15) is 0 Å². The molecule has 24 heavy (non-hydrogen) atoms. The summed E-state index contributed by atoms with van der Waals surface area (Å²) in [6, 6.07) is 13.2. The minimum absolute atomic E-state index is 0.0365. The van der Waals surface area contributed by atoms with Gasteiger partial charge in [-0.15, -0.1) is 0 Å². The summed E-state index contributed by atoms with van der Waals surface area (Å²) in [5.74, 6) is 0.277. The van der Waals surface area contributed by atoms with Gasteiger partial charge >= 0.3 is 0 Å². The average molecular weight is 380 g/mol. The molecular weight excluding hydrogens is 365 g/mol. The number of H-pyrrole nitrogens is 1. The van der Waals surface area contributed by atoms with E-state index in [1.165, 1.54) is 11.8 Å². The van der Waals surface area contributed by atoms with Crippen LogP contribution in [0.3, 0.4) is 0 Å². The molecule has 0 fully saturated rings. The molecule has 0 unspecified atom stereocenters. The van der Waals surface area contributed by atoms with Gasteiger partial charge < -0.3 is 10.3 Å². The molecule has 3 aromatic rings. The van der Waals surface area contributed by atoms with E-state index in [1.807, 2.05) is 30.3 Å². The first-order valence-corrected chi connectivity index (χ1v) is 9.14. The predicted molar refractivity (Wildman–Crippen MR) is 100.0 cm³/mol. The van der Waals surface area contributed by atoms with Gasteiger partial charge in [0.15, 0.2) is 5.16 Å². The third kappa shape index (κ3) is 4.44. The molecule has 0 radical (unpaired) electrons. The highest BCUT2D eigenvalue weighted by Crippen LogP contribution is 2.21. The second kappa shape index (κ2) is 7.92. The van der Waals surface area contributed by atoms with Crippen LogP contribution in [0, 0.1) is 0 Å². The van der Waals surface area contributed by atoms with Crippen molar-refractivity contribution >= 4 is 51.9 Å². The van der Waals surface area contributed by atoms with E-state index in [0.29, 0.717) is 28.8 Å². The third-order valence-electron chi connectivity index (χ3n) is 3.44. The van der Waals surface area contributed by atoms with Gasteiger partial charge in [0, 0.05) is 16.6 Å². The molecule has 7 heteroatoms. The van der Waals surface area contributed by atoms with Crippen LogP contribution in [0.5, 0.6) is 0 Å². The van der Waals surface area contributed by atoms with Crippen molar-refractivity contribution in [2.24, 2.45) is 0 Å². The molecule has 0 atom stereocenters. The Morgan fingerprint density at radius 3 is 2.83 bits per heavy atom. The van der Waals surface area contributed by atoms with Gasteiger partial charge in [0.2, 0.25) is 5.91 Å². The van der Waals surface area contributed by atoms with Crippen molar-refractivity contribution in [3.8, 4) is 0 Å². The second-order valence-electron chi connectivity index (χ2n) is 5.18. The van der Waals surface area contributed by atoms with E-state index < -0.39 is 0 Å². The lowest BCUT2D eigenvalue weighted by Gasteiger charge is -2.06. The lowest BCUT2D eigenvalue weighted by molar-refractivity contribution is -0.118. The number of hydrogen-bond acceptors (Lipinski definition) is 3. The highest BCUT2D eigenvalue weighted by Gasteiger charge is 2.07. The van der Waals surface area contributed by atoms with Crippen LogP contribution in [-0.4, -0.2) is 28.2 Å². The van der Waals surface area contributed by atoms with Crippen molar-refractivity contribution in [1.29, 1.82) is 0 Å². The topological polar surface area (TPSA) is 57.8 Å².